The Morgan fingerprint density at radius 3 is 2.58 bits per heavy atom. The highest BCUT2D eigenvalue weighted by molar-refractivity contribution is 7.11. The van der Waals surface area contributed by atoms with Crippen LogP contribution in [-0.2, 0) is 4.43 Å². The standard InChI is InChI=1S/C9H14OSSi/c1-8(10-12(2,3)4)9-6-5-7-11-9/h5-7H,1H2,2-4H3. The van der Waals surface area contributed by atoms with Crippen LogP contribution in [0.2, 0.25) is 19.6 Å². The Morgan fingerprint density at radius 1 is 1.50 bits per heavy atom. The summed E-state index contributed by atoms with van der Waals surface area (Å²) in [5.41, 5.74) is 0. The third-order valence-electron chi connectivity index (χ3n) is 1.23. The van der Waals surface area contributed by atoms with Crippen molar-refractivity contribution in [3.63, 3.8) is 0 Å². The molecular weight excluding hydrogens is 184 g/mol. The molecule has 0 bridgehead atoms. The largest absolute Gasteiger partial charge is 0.544 e. The number of hydrogen-bond acceptors (Lipinski definition) is 2. The Morgan fingerprint density at radius 2 is 2.17 bits per heavy atom. The number of thiophene rings is 1. The topological polar surface area (TPSA) is 9.23 Å². The van der Waals surface area contributed by atoms with Crippen molar-refractivity contribution in [3.8, 4) is 0 Å². The molecule has 66 valence electrons. The summed E-state index contributed by atoms with van der Waals surface area (Å²) in [4.78, 5) is 1.14. The lowest BCUT2D eigenvalue weighted by Crippen LogP contribution is -2.23. The Bertz CT molecular complexity index is 259. The van der Waals surface area contributed by atoms with Gasteiger partial charge in [-0.25, -0.2) is 0 Å². The first-order valence-electron chi connectivity index (χ1n) is 3.91. The van der Waals surface area contributed by atoms with E-state index < -0.39 is 8.32 Å². The van der Waals surface area contributed by atoms with E-state index in [1.165, 1.54) is 0 Å². The van der Waals surface area contributed by atoms with E-state index in [0.717, 1.165) is 10.6 Å². The van der Waals surface area contributed by atoms with Crippen molar-refractivity contribution in [1.82, 2.24) is 0 Å². The van der Waals surface area contributed by atoms with Gasteiger partial charge in [0.05, 0.1) is 4.88 Å². The molecule has 0 saturated carbocycles. The molecule has 3 heteroatoms. The van der Waals surface area contributed by atoms with Gasteiger partial charge >= 0.3 is 0 Å². The molecule has 0 aromatic carbocycles. The second-order valence-electron chi connectivity index (χ2n) is 3.61. The first-order valence-corrected chi connectivity index (χ1v) is 8.19. The van der Waals surface area contributed by atoms with E-state index >= 15 is 0 Å². The SMILES string of the molecule is C=C(O[Si](C)(C)C)c1cccs1. The number of hydrogen-bond donors (Lipinski definition) is 0. The van der Waals surface area contributed by atoms with Crippen LogP contribution >= 0.6 is 11.3 Å². The zero-order valence-corrected chi connectivity index (χ0v) is 9.57. The van der Waals surface area contributed by atoms with Crippen molar-refractivity contribution in [2.45, 2.75) is 19.6 Å². The third-order valence-corrected chi connectivity index (χ3v) is 3.00. The fourth-order valence-corrected chi connectivity index (χ4v) is 2.41. The van der Waals surface area contributed by atoms with E-state index in [4.69, 9.17) is 4.43 Å². The van der Waals surface area contributed by atoms with E-state index in [2.05, 4.69) is 26.2 Å². The van der Waals surface area contributed by atoms with Gasteiger partial charge in [0, 0.05) is 0 Å². The highest BCUT2D eigenvalue weighted by atomic mass is 32.1. The predicted octanol–water partition coefficient (Wildman–Crippen LogP) is 3.57. The molecule has 1 heterocycles. The summed E-state index contributed by atoms with van der Waals surface area (Å²) < 4.78 is 5.74. The van der Waals surface area contributed by atoms with Crippen molar-refractivity contribution in [2.24, 2.45) is 0 Å². The summed E-state index contributed by atoms with van der Waals surface area (Å²) >= 11 is 1.67. The molecule has 0 saturated heterocycles. The highest BCUT2D eigenvalue weighted by Gasteiger charge is 2.17. The quantitative estimate of drug-likeness (QED) is 0.533. The summed E-state index contributed by atoms with van der Waals surface area (Å²) in [6, 6.07) is 4.05. The fourth-order valence-electron chi connectivity index (χ4n) is 0.857. The Hall–Kier alpha value is -0.543. The molecular formula is C9H14OSSi. The first-order chi connectivity index (χ1) is 5.49. The van der Waals surface area contributed by atoms with Crippen LogP contribution in [0.15, 0.2) is 24.1 Å². The highest BCUT2D eigenvalue weighted by Crippen LogP contribution is 2.22. The molecule has 0 atom stereocenters. The molecule has 0 amide bonds. The average molecular weight is 198 g/mol. The molecule has 0 radical (unpaired) electrons. The van der Waals surface area contributed by atoms with Gasteiger partial charge in [-0.15, -0.1) is 11.3 Å². The maximum absolute atomic E-state index is 5.74. The van der Waals surface area contributed by atoms with Crippen LogP contribution in [0.25, 0.3) is 5.76 Å². The van der Waals surface area contributed by atoms with Crippen LogP contribution in [0, 0.1) is 0 Å². The Kier molecular flexibility index (Phi) is 2.75. The zero-order chi connectivity index (χ0) is 9.19. The average Bonchev–Trinajstić information content (AvgIpc) is 2.32. The van der Waals surface area contributed by atoms with Gasteiger partial charge in [0.1, 0.15) is 5.76 Å². The molecule has 0 fully saturated rings. The molecule has 0 aliphatic heterocycles. The van der Waals surface area contributed by atoms with Gasteiger partial charge in [-0.05, 0) is 31.1 Å². The molecule has 0 spiro atoms. The Balaban J connectivity index is 2.63. The molecule has 12 heavy (non-hydrogen) atoms. The van der Waals surface area contributed by atoms with E-state index in [1.54, 1.807) is 11.3 Å². The monoisotopic (exact) mass is 198 g/mol. The van der Waals surface area contributed by atoms with Crippen molar-refractivity contribution >= 4 is 25.4 Å². The number of rotatable bonds is 3. The molecule has 0 aliphatic rings. The second-order valence-corrected chi connectivity index (χ2v) is 8.99. The summed E-state index contributed by atoms with van der Waals surface area (Å²) in [5.74, 6) is 0.823. The van der Waals surface area contributed by atoms with E-state index in [9.17, 15) is 0 Å². The fraction of sp³-hybridized carbons (Fsp3) is 0.333. The zero-order valence-electron chi connectivity index (χ0n) is 7.76. The van der Waals surface area contributed by atoms with Gasteiger partial charge < -0.3 is 4.43 Å². The van der Waals surface area contributed by atoms with Crippen molar-refractivity contribution in [3.05, 3.63) is 29.0 Å². The van der Waals surface area contributed by atoms with Gasteiger partial charge in [-0.2, -0.15) is 0 Å². The van der Waals surface area contributed by atoms with Gasteiger partial charge in [-0.3, -0.25) is 0 Å². The van der Waals surface area contributed by atoms with Crippen LogP contribution in [0.5, 0.6) is 0 Å². The van der Waals surface area contributed by atoms with Crippen LogP contribution in [0.4, 0.5) is 0 Å². The van der Waals surface area contributed by atoms with E-state index in [0.29, 0.717) is 0 Å². The van der Waals surface area contributed by atoms with E-state index in [-0.39, 0.29) is 0 Å². The lowest BCUT2D eigenvalue weighted by Gasteiger charge is -2.19. The molecule has 0 unspecified atom stereocenters. The van der Waals surface area contributed by atoms with Crippen LogP contribution in [0.3, 0.4) is 0 Å². The third kappa shape index (κ3) is 2.83. The molecule has 1 nitrogen and oxygen atoms in total. The maximum atomic E-state index is 5.74. The molecule has 0 aliphatic carbocycles. The van der Waals surface area contributed by atoms with Crippen molar-refractivity contribution < 1.29 is 4.43 Å². The summed E-state index contributed by atoms with van der Waals surface area (Å²) in [7, 11) is -1.47. The van der Waals surface area contributed by atoms with Crippen LogP contribution < -0.4 is 0 Å². The molecule has 1 rings (SSSR count). The lowest BCUT2D eigenvalue weighted by atomic mass is 10.4. The molecule has 1 aromatic rings. The minimum atomic E-state index is -1.47. The lowest BCUT2D eigenvalue weighted by molar-refractivity contribution is 0.518. The minimum absolute atomic E-state index is 0.823. The molecule has 0 N–H and O–H groups in total. The van der Waals surface area contributed by atoms with Crippen molar-refractivity contribution in [2.75, 3.05) is 0 Å². The van der Waals surface area contributed by atoms with Gasteiger partial charge in [0.25, 0.3) is 0 Å². The van der Waals surface area contributed by atoms with Gasteiger partial charge in [0.15, 0.2) is 0 Å². The Labute approximate surface area is 78.8 Å². The second kappa shape index (κ2) is 3.45. The first kappa shape index (κ1) is 9.54. The smallest absolute Gasteiger partial charge is 0.242 e. The predicted molar refractivity (Wildman–Crippen MR) is 57.8 cm³/mol. The summed E-state index contributed by atoms with van der Waals surface area (Å²) in [6.07, 6.45) is 0. The van der Waals surface area contributed by atoms with E-state index in [1.807, 2.05) is 17.5 Å². The normalized spacial score (nSPS) is 11.2. The van der Waals surface area contributed by atoms with Crippen molar-refractivity contribution in [1.29, 1.82) is 0 Å². The summed E-state index contributed by atoms with van der Waals surface area (Å²) in [5, 5.41) is 2.04. The van der Waals surface area contributed by atoms with Gasteiger partial charge in [-0.1, -0.05) is 12.6 Å². The summed E-state index contributed by atoms with van der Waals surface area (Å²) in [6.45, 7) is 10.4. The van der Waals surface area contributed by atoms with Gasteiger partial charge in [0.2, 0.25) is 8.32 Å². The van der Waals surface area contributed by atoms with Crippen LogP contribution in [-0.4, -0.2) is 8.32 Å². The molecule has 1 aromatic heterocycles. The van der Waals surface area contributed by atoms with Crippen LogP contribution in [0.1, 0.15) is 4.88 Å². The minimum Gasteiger partial charge on any atom is -0.544 e. The maximum Gasteiger partial charge on any atom is 0.242 e.